The van der Waals surface area contributed by atoms with E-state index in [1.165, 1.54) is 76.6 Å². The molecule has 25 rings (SSSR count). The van der Waals surface area contributed by atoms with Crippen LogP contribution < -0.4 is 0 Å². The highest BCUT2D eigenvalue weighted by Gasteiger charge is 2.37. The van der Waals surface area contributed by atoms with Gasteiger partial charge in [0.25, 0.3) is 0 Å². The first kappa shape index (κ1) is 63.6. The molecule has 536 valence electrons. The average Bonchev–Trinajstić information content (AvgIpc) is 1.54. The van der Waals surface area contributed by atoms with E-state index in [9.17, 15) is 0 Å². The number of hydrogen-bond acceptors (Lipinski definition) is 3. The monoisotopic (exact) mass is 1470 g/mol. The number of benzene rings is 17. The molecule has 0 atom stereocenters. The molecule has 7 aromatic heterocycles. The Morgan fingerprint density at radius 2 is 0.643 bits per heavy atom. The normalized spacial score (nSPS) is 12.9. The van der Waals surface area contributed by atoms with Gasteiger partial charge in [0, 0.05) is 98.7 Å². The average molecular weight is 1470 g/mol. The van der Waals surface area contributed by atoms with Crippen molar-refractivity contribution in [2.24, 2.45) is 0 Å². The zero-order chi connectivity index (χ0) is 75.5. The maximum atomic E-state index is 6.33. The summed E-state index contributed by atoms with van der Waals surface area (Å²) < 4.78 is 18.3. The minimum Gasteiger partial charge on any atom is -0.456 e. The number of rotatable bonds is 9. The highest BCUT2D eigenvalue weighted by atomic mass is 16.3. The number of hydrogen-bond donors (Lipinski definition) is 0. The van der Waals surface area contributed by atoms with Crippen LogP contribution in [0.25, 0.3) is 226 Å². The molecule has 0 amide bonds. The summed E-state index contributed by atoms with van der Waals surface area (Å²) in [5.74, 6) is 1.35. The molecular weight excluding hydrogens is 1400 g/mol. The van der Waals surface area contributed by atoms with Crippen LogP contribution in [0.15, 0.2) is 374 Å². The van der Waals surface area contributed by atoms with Gasteiger partial charge in [0.15, 0.2) is 0 Å². The van der Waals surface area contributed by atoms with E-state index in [2.05, 4.69) is 395 Å². The molecule has 0 aliphatic heterocycles. The van der Waals surface area contributed by atoms with Crippen LogP contribution in [0.5, 0.6) is 0 Å². The van der Waals surface area contributed by atoms with Crippen LogP contribution in [0.4, 0.5) is 0 Å². The second-order valence-corrected chi connectivity index (χ2v) is 31.6. The molecule has 0 saturated heterocycles. The molecule has 1 aliphatic carbocycles. The molecule has 24 aromatic rings. The van der Waals surface area contributed by atoms with E-state index < -0.39 is 0 Å². The van der Waals surface area contributed by atoms with Crippen molar-refractivity contribution in [3.05, 3.63) is 381 Å². The summed E-state index contributed by atoms with van der Waals surface area (Å²) in [6.07, 6.45) is 0. The summed E-state index contributed by atoms with van der Waals surface area (Å²) in [4.78, 5) is 11.7. The summed E-state index contributed by atoms with van der Waals surface area (Å²) in [6, 6.07) is 136. The van der Waals surface area contributed by atoms with Crippen molar-refractivity contribution < 1.29 is 4.42 Å². The Morgan fingerprint density at radius 1 is 0.226 bits per heavy atom. The maximum Gasteiger partial charge on any atom is 0.237 e. The molecule has 0 N–H and O–H groups in total. The van der Waals surface area contributed by atoms with Gasteiger partial charge in [-0.25, -0.2) is 4.98 Å². The quantitative estimate of drug-likeness (QED) is 0.145. The van der Waals surface area contributed by atoms with Crippen LogP contribution >= 0.6 is 0 Å². The van der Waals surface area contributed by atoms with Gasteiger partial charge < -0.3 is 18.1 Å². The Morgan fingerprint density at radius 3 is 1.24 bits per heavy atom. The topological polar surface area (TPSA) is 63.6 Å². The SMILES string of the molecule is CC1(C)c2ccccc2-c2cc3c4ccccc4n(-c4nc(-c5ccc6ccc(-n7c8cc(-c9ccc%10c(c9)c9ccccc9n%10-c9ccccc9)ccc8c8ccc(-c9ccc%10c(c9)c9ccccc9n%10-c9ccccc9)cc87)cc6c5)cc(-n5c6ccccc6c6cc(-c7ccc8oc9ccccc9c8c7)ccc65)n4)c3cc21. The van der Waals surface area contributed by atoms with Crippen LogP contribution in [0.3, 0.4) is 0 Å². The predicted octanol–water partition coefficient (Wildman–Crippen LogP) is 28.0. The van der Waals surface area contributed by atoms with E-state index >= 15 is 0 Å². The van der Waals surface area contributed by atoms with Crippen molar-refractivity contribution in [3.63, 3.8) is 0 Å². The van der Waals surface area contributed by atoms with Gasteiger partial charge in [0.05, 0.1) is 60.9 Å². The number of fused-ring (bicyclic) bond motifs is 22. The van der Waals surface area contributed by atoms with E-state index in [4.69, 9.17) is 14.4 Å². The Hall–Kier alpha value is -15.1. The third-order valence-electron chi connectivity index (χ3n) is 25.1. The standard InChI is InChI=1S/C107H67N7O/c1-107(2)90-31-15-9-25-76(90)84-61-88-80-29-13-19-35-96(80)114(102(88)62-91(84)107)106-108-92(63-105(109-106)113-95-34-18-12-28-79(95)87-55-65(44-51-99(87)113)68-45-52-104-89(58-68)83-30-14-20-36-103(83)115-104)71-38-37-64-39-46-75(54-72(64)53-71)112-100-59-69(66-42-49-97-85(56-66)77-26-10-16-32-93(77)110(97)73-21-5-3-6-22-73)40-47-81(100)82-48-41-70(60-101(82)112)67-43-50-98-86(57-67)78-27-11-17-33-94(78)111(98)74-23-7-4-8-24-74/h3-63H,1-2H3. The molecule has 0 fully saturated rings. The van der Waals surface area contributed by atoms with Crippen LogP contribution in [0.1, 0.15) is 25.0 Å². The van der Waals surface area contributed by atoms with Gasteiger partial charge in [0.1, 0.15) is 17.0 Å². The summed E-state index contributed by atoms with van der Waals surface area (Å²) in [7, 11) is 0. The minimum absolute atomic E-state index is 0.244. The molecule has 7 heterocycles. The molecule has 0 bridgehead atoms. The van der Waals surface area contributed by atoms with Crippen LogP contribution in [0, 0.1) is 0 Å². The summed E-state index contributed by atoms with van der Waals surface area (Å²) in [6.45, 7) is 4.72. The molecule has 0 spiro atoms. The Kier molecular flexibility index (Phi) is 13.3. The van der Waals surface area contributed by atoms with Gasteiger partial charge in [-0.05, 0) is 212 Å². The molecule has 0 radical (unpaired) electrons. The highest BCUT2D eigenvalue weighted by Crippen LogP contribution is 2.52. The van der Waals surface area contributed by atoms with Crippen molar-refractivity contribution >= 4 is 142 Å². The first-order valence-electron chi connectivity index (χ1n) is 39.6. The fourth-order valence-corrected chi connectivity index (χ4v) is 19.7. The Balaban J connectivity index is 0.694. The lowest BCUT2D eigenvalue weighted by atomic mass is 9.82. The maximum absolute atomic E-state index is 6.33. The number of aromatic nitrogens is 7. The zero-order valence-electron chi connectivity index (χ0n) is 62.8. The lowest BCUT2D eigenvalue weighted by molar-refractivity contribution is 0.661. The van der Waals surface area contributed by atoms with E-state index in [1.54, 1.807) is 0 Å². The molecule has 1 aliphatic rings. The summed E-state index contributed by atoms with van der Waals surface area (Å²) in [5, 5.41) is 16.2. The Labute approximate surface area is 659 Å². The van der Waals surface area contributed by atoms with E-state index in [0.29, 0.717) is 5.95 Å². The lowest BCUT2D eigenvalue weighted by Crippen LogP contribution is -2.15. The van der Waals surface area contributed by atoms with Crippen LogP contribution in [-0.2, 0) is 5.41 Å². The molecule has 8 heteroatoms. The van der Waals surface area contributed by atoms with Crippen molar-refractivity contribution in [2.45, 2.75) is 19.3 Å². The van der Waals surface area contributed by atoms with Gasteiger partial charge >= 0.3 is 0 Å². The number of para-hydroxylation sites is 7. The molecule has 115 heavy (non-hydrogen) atoms. The van der Waals surface area contributed by atoms with E-state index in [0.717, 1.165) is 155 Å². The summed E-state index contributed by atoms with van der Waals surface area (Å²) in [5.41, 5.74) is 29.8. The van der Waals surface area contributed by atoms with Crippen molar-refractivity contribution in [2.75, 3.05) is 0 Å². The second kappa shape index (κ2) is 24.0. The lowest BCUT2D eigenvalue weighted by Gasteiger charge is -2.21. The smallest absolute Gasteiger partial charge is 0.237 e. The minimum atomic E-state index is -0.244. The third-order valence-corrected chi connectivity index (χ3v) is 25.1. The van der Waals surface area contributed by atoms with Crippen molar-refractivity contribution in [1.82, 2.24) is 32.8 Å². The molecule has 0 unspecified atom stereocenters. The first-order valence-corrected chi connectivity index (χ1v) is 39.6. The third kappa shape index (κ3) is 9.36. The van der Waals surface area contributed by atoms with Gasteiger partial charge in [-0.15, -0.1) is 0 Å². The Bertz CT molecular complexity index is 8110. The number of furan rings is 1. The first-order chi connectivity index (χ1) is 56.7. The van der Waals surface area contributed by atoms with Crippen LogP contribution in [-0.4, -0.2) is 32.8 Å². The fraction of sp³-hybridized carbons (Fsp3) is 0.0280. The zero-order valence-corrected chi connectivity index (χ0v) is 62.8. The van der Waals surface area contributed by atoms with Gasteiger partial charge in [0.2, 0.25) is 5.95 Å². The van der Waals surface area contributed by atoms with Gasteiger partial charge in [-0.1, -0.05) is 232 Å². The second-order valence-electron chi connectivity index (χ2n) is 31.6. The van der Waals surface area contributed by atoms with Gasteiger partial charge in [-0.3, -0.25) is 9.13 Å². The van der Waals surface area contributed by atoms with E-state index in [1.807, 2.05) is 12.1 Å². The molecule has 0 saturated carbocycles. The summed E-state index contributed by atoms with van der Waals surface area (Å²) >= 11 is 0. The number of nitrogens with zero attached hydrogens (tertiary/aromatic N) is 7. The molecular formula is C107H67N7O. The predicted molar refractivity (Wildman–Crippen MR) is 478 cm³/mol. The fourth-order valence-electron chi connectivity index (χ4n) is 19.7. The van der Waals surface area contributed by atoms with Crippen molar-refractivity contribution in [1.29, 1.82) is 0 Å². The highest BCUT2D eigenvalue weighted by molar-refractivity contribution is 6.17. The van der Waals surface area contributed by atoms with Gasteiger partial charge in [-0.2, -0.15) is 4.98 Å². The molecule has 17 aromatic carbocycles. The van der Waals surface area contributed by atoms with E-state index in [-0.39, 0.29) is 5.41 Å². The largest absolute Gasteiger partial charge is 0.456 e. The van der Waals surface area contributed by atoms with Crippen molar-refractivity contribution in [3.8, 4) is 84.6 Å². The van der Waals surface area contributed by atoms with Crippen LogP contribution in [0.2, 0.25) is 0 Å². The molecule has 8 nitrogen and oxygen atoms in total.